The zero-order chi connectivity index (χ0) is 19.6. The number of benzene rings is 1. The van der Waals surface area contributed by atoms with Crippen LogP contribution in [0.2, 0.25) is 0 Å². The molecule has 0 radical (unpaired) electrons. The maximum atomic E-state index is 14.7. The molecular formula is C20H24FN3O3. The van der Waals surface area contributed by atoms with Gasteiger partial charge in [0.2, 0.25) is 0 Å². The van der Waals surface area contributed by atoms with Crippen LogP contribution in [0.1, 0.15) is 29.3 Å². The first-order valence-corrected chi connectivity index (χ1v) is 8.87. The normalized spacial score (nSPS) is 16.3. The van der Waals surface area contributed by atoms with E-state index in [1.54, 1.807) is 13.2 Å². The first-order valence-electron chi connectivity index (χ1n) is 8.87. The number of nitrogens with zero attached hydrogens (tertiary/aromatic N) is 2. The first kappa shape index (κ1) is 18.9. The van der Waals surface area contributed by atoms with E-state index in [9.17, 15) is 9.18 Å². The fraction of sp³-hybridized carbons (Fsp3) is 0.400. The van der Waals surface area contributed by atoms with Gasteiger partial charge in [0.1, 0.15) is 17.1 Å². The first-order chi connectivity index (χ1) is 12.9. The minimum Gasteiger partial charge on any atom is -0.497 e. The van der Waals surface area contributed by atoms with Gasteiger partial charge in [0.05, 0.1) is 14.2 Å². The average Bonchev–Trinajstić information content (AvgIpc) is 3.07. The Labute approximate surface area is 158 Å². The molecule has 1 atom stereocenters. The molecule has 27 heavy (non-hydrogen) atoms. The second-order valence-electron chi connectivity index (χ2n) is 6.89. The molecule has 1 aliphatic rings. The molecule has 1 aromatic carbocycles. The van der Waals surface area contributed by atoms with Crippen molar-refractivity contribution in [2.75, 3.05) is 37.5 Å². The summed E-state index contributed by atoms with van der Waals surface area (Å²) in [5.74, 6) is 0.470. The van der Waals surface area contributed by atoms with Crippen molar-refractivity contribution in [1.82, 2.24) is 4.98 Å². The van der Waals surface area contributed by atoms with E-state index in [0.717, 1.165) is 25.1 Å². The largest absolute Gasteiger partial charge is 0.497 e. The molecule has 7 heteroatoms. The molecule has 0 amide bonds. The van der Waals surface area contributed by atoms with Crippen LogP contribution in [0.5, 0.6) is 5.75 Å². The number of ether oxygens (including phenoxy) is 2. The van der Waals surface area contributed by atoms with Gasteiger partial charge in [-0.1, -0.05) is 6.92 Å². The lowest BCUT2D eigenvalue weighted by Crippen LogP contribution is -2.23. The quantitative estimate of drug-likeness (QED) is 0.802. The van der Waals surface area contributed by atoms with Crippen molar-refractivity contribution in [3.05, 3.63) is 41.2 Å². The minimum absolute atomic E-state index is 0.0477. The van der Waals surface area contributed by atoms with Gasteiger partial charge in [0.25, 0.3) is 0 Å². The highest BCUT2D eigenvalue weighted by atomic mass is 19.1. The van der Waals surface area contributed by atoms with Crippen molar-refractivity contribution in [3.63, 3.8) is 0 Å². The monoisotopic (exact) mass is 373 g/mol. The topological polar surface area (TPSA) is 63.7 Å². The van der Waals surface area contributed by atoms with Crippen LogP contribution in [0.15, 0.2) is 24.3 Å². The summed E-state index contributed by atoms with van der Waals surface area (Å²) in [5, 5.41) is 3.12. The van der Waals surface area contributed by atoms with Crippen molar-refractivity contribution < 1.29 is 18.7 Å². The number of rotatable bonds is 5. The molecule has 0 spiro atoms. The fourth-order valence-corrected chi connectivity index (χ4v) is 3.26. The number of nitrogens with one attached hydrogen (secondary N) is 1. The van der Waals surface area contributed by atoms with Crippen LogP contribution in [0, 0.1) is 18.7 Å². The number of aryl methyl sites for hydroxylation is 1. The second-order valence-corrected chi connectivity index (χ2v) is 6.89. The molecule has 1 fully saturated rings. The molecule has 1 N–H and O–H groups in total. The summed E-state index contributed by atoms with van der Waals surface area (Å²) in [4.78, 5) is 18.5. The molecule has 0 saturated carbocycles. The van der Waals surface area contributed by atoms with E-state index in [1.165, 1.54) is 13.2 Å². The number of hydrogen-bond donors (Lipinski definition) is 1. The number of pyridine rings is 1. The molecule has 0 aliphatic carbocycles. The highest BCUT2D eigenvalue weighted by Gasteiger charge is 2.26. The van der Waals surface area contributed by atoms with Gasteiger partial charge in [-0.25, -0.2) is 14.2 Å². The third-order valence-electron chi connectivity index (χ3n) is 4.64. The van der Waals surface area contributed by atoms with Gasteiger partial charge in [-0.15, -0.1) is 0 Å². The van der Waals surface area contributed by atoms with Gasteiger partial charge >= 0.3 is 5.97 Å². The van der Waals surface area contributed by atoms with E-state index in [2.05, 4.69) is 17.2 Å². The van der Waals surface area contributed by atoms with E-state index < -0.39 is 11.8 Å². The Bertz CT molecular complexity index is 857. The predicted octanol–water partition coefficient (Wildman–Crippen LogP) is 3.91. The highest BCUT2D eigenvalue weighted by Crippen LogP contribution is 2.31. The SMILES string of the molecule is COC(=O)c1cc(F)c(N2CC[C@@H](C)C2)nc1Nc1cc(C)cc(OC)c1. The third-order valence-corrected chi connectivity index (χ3v) is 4.64. The molecule has 1 aromatic heterocycles. The number of anilines is 3. The van der Waals surface area contributed by atoms with Crippen molar-refractivity contribution in [2.45, 2.75) is 20.3 Å². The van der Waals surface area contributed by atoms with Gasteiger partial charge in [0, 0.05) is 24.8 Å². The fourth-order valence-electron chi connectivity index (χ4n) is 3.26. The Hall–Kier alpha value is -2.83. The van der Waals surface area contributed by atoms with Crippen LogP contribution < -0.4 is 15.0 Å². The zero-order valence-corrected chi connectivity index (χ0v) is 16.0. The maximum absolute atomic E-state index is 14.7. The number of methoxy groups -OCH3 is 2. The lowest BCUT2D eigenvalue weighted by Gasteiger charge is -2.20. The Morgan fingerprint density at radius 2 is 2.07 bits per heavy atom. The Kier molecular flexibility index (Phi) is 5.48. The number of aromatic nitrogens is 1. The van der Waals surface area contributed by atoms with Crippen molar-refractivity contribution >= 4 is 23.3 Å². The number of carbonyl (C=O) groups is 1. The van der Waals surface area contributed by atoms with Crippen LogP contribution in [-0.2, 0) is 4.74 Å². The summed E-state index contributed by atoms with van der Waals surface area (Å²) in [6.07, 6.45) is 0.984. The van der Waals surface area contributed by atoms with Crippen LogP contribution >= 0.6 is 0 Å². The molecule has 1 saturated heterocycles. The molecular weight excluding hydrogens is 349 g/mol. The lowest BCUT2D eigenvalue weighted by molar-refractivity contribution is 0.0601. The maximum Gasteiger partial charge on any atom is 0.341 e. The van der Waals surface area contributed by atoms with Gasteiger partial charge in [-0.05, 0) is 43.0 Å². The highest BCUT2D eigenvalue weighted by molar-refractivity contribution is 5.96. The van der Waals surface area contributed by atoms with E-state index in [1.807, 2.05) is 24.0 Å². The van der Waals surface area contributed by atoms with Crippen molar-refractivity contribution in [3.8, 4) is 5.75 Å². The van der Waals surface area contributed by atoms with Gasteiger partial charge < -0.3 is 19.7 Å². The molecule has 0 unspecified atom stereocenters. The van der Waals surface area contributed by atoms with E-state index in [4.69, 9.17) is 9.47 Å². The van der Waals surface area contributed by atoms with Crippen molar-refractivity contribution in [2.24, 2.45) is 5.92 Å². The predicted molar refractivity (Wildman–Crippen MR) is 103 cm³/mol. The van der Waals surface area contributed by atoms with Crippen LogP contribution in [0.25, 0.3) is 0 Å². The van der Waals surface area contributed by atoms with E-state index in [-0.39, 0.29) is 17.2 Å². The Morgan fingerprint density at radius 1 is 1.30 bits per heavy atom. The smallest absolute Gasteiger partial charge is 0.341 e. The van der Waals surface area contributed by atoms with Gasteiger partial charge in [-0.2, -0.15) is 0 Å². The summed E-state index contributed by atoms with van der Waals surface area (Å²) in [5.41, 5.74) is 1.72. The molecule has 6 nitrogen and oxygen atoms in total. The molecule has 0 bridgehead atoms. The van der Waals surface area contributed by atoms with Gasteiger partial charge in [-0.3, -0.25) is 0 Å². The molecule has 2 heterocycles. The minimum atomic E-state index is -0.648. The zero-order valence-electron chi connectivity index (χ0n) is 16.0. The summed E-state index contributed by atoms with van der Waals surface area (Å²) in [6, 6.07) is 6.76. The van der Waals surface area contributed by atoms with Crippen LogP contribution in [0.3, 0.4) is 0 Å². The van der Waals surface area contributed by atoms with Crippen LogP contribution in [-0.4, -0.2) is 38.3 Å². The summed E-state index contributed by atoms with van der Waals surface area (Å²) in [6.45, 7) is 5.53. The number of esters is 1. The number of hydrogen-bond acceptors (Lipinski definition) is 6. The molecule has 1 aliphatic heterocycles. The van der Waals surface area contributed by atoms with E-state index in [0.29, 0.717) is 17.4 Å². The summed E-state index contributed by atoms with van der Waals surface area (Å²) < 4.78 is 24.8. The molecule has 3 rings (SSSR count). The van der Waals surface area contributed by atoms with Crippen molar-refractivity contribution in [1.29, 1.82) is 0 Å². The summed E-state index contributed by atoms with van der Waals surface area (Å²) in [7, 11) is 2.84. The molecule has 2 aromatic rings. The lowest BCUT2D eigenvalue weighted by atomic mass is 10.2. The second kappa shape index (κ2) is 7.82. The standard InChI is InChI=1S/C20H24FN3O3/c1-12-5-6-24(11-12)19-17(21)10-16(20(25)27-4)18(23-19)22-14-7-13(2)8-15(9-14)26-3/h7-10,12H,5-6,11H2,1-4H3,(H,22,23)/t12-/m1/s1. The Balaban J connectivity index is 2.03. The Morgan fingerprint density at radius 3 is 2.70 bits per heavy atom. The number of halogens is 1. The number of carbonyl (C=O) groups excluding carboxylic acids is 1. The molecule has 144 valence electrons. The van der Waals surface area contributed by atoms with E-state index >= 15 is 0 Å². The third kappa shape index (κ3) is 4.13. The van der Waals surface area contributed by atoms with Gasteiger partial charge in [0.15, 0.2) is 11.6 Å². The van der Waals surface area contributed by atoms with Crippen LogP contribution in [0.4, 0.5) is 21.7 Å². The average molecular weight is 373 g/mol. The summed E-state index contributed by atoms with van der Waals surface area (Å²) >= 11 is 0.